The van der Waals surface area contributed by atoms with E-state index in [1.165, 1.54) is 0 Å². The van der Waals surface area contributed by atoms with E-state index in [0.29, 0.717) is 0 Å². The van der Waals surface area contributed by atoms with Gasteiger partial charge in [0.2, 0.25) is 0 Å². The molecule has 0 fully saturated rings. The summed E-state index contributed by atoms with van der Waals surface area (Å²) in [7, 11) is 3.67. The van der Waals surface area contributed by atoms with E-state index >= 15 is 0 Å². The highest BCUT2D eigenvalue weighted by molar-refractivity contribution is 5.68. The third kappa shape index (κ3) is 2.91. The molecular weight excluding hydrogens is 250 g/mol. The van der Waals surface area contributed by atoms with Crippen molar-refractivity contribution in [1.29, 1.82) is 0 Å². The summed E-state index contributed by atoms with van der Waals surface area (Å²) in [6.45, 7) is 2.06. The molecule has 4 heteroatoms. The van der Waals surface area contributed by atoms with Crippen molar-refractivity contribution in [3.63, 3.8) is 0 Å². The number of hydrogen-bond donors (Lipinski definition) is 1. The van der Waals surface area contributed by atoms with E-state index in [2.05, 4.69) is 11.9 Å². The summed E-state index contributed by atoms with van der Waals surface area (Å²) >= 11 is 0. The lowest BCUT2D eigenvalue weighted by molar-refractivity contribution is 0.415. The highest BCUT2D eigenvalue weighted by Gasteiger charge is 2.11. The van der Waals surface area contributed by atoms with Crippen LogP contribution in [0.25, 0.3) is 0 Å². The van der Waals surface area contributed by atoms with Crippen molar-refractivity contribution < 1.29 is 4.74 Å². The van der Waals surface area contributed by atoms with E-state index in [9.17, 15) is 0 Å². The minimum absolute atomic E-state index is 0.000572. The lowest BCUT2D eigenvalue weighted by Gasteiger charge is -2.22. The number of aromatic nitrogens is 1. The normalized spacial score (nSPS) is 12.0. The lowest BCUT2D eigenvalue weighted by atomic mass is 10.1. The van der Waals surface area contributed by atoms with Crippen molar-refractivity contribution >= 4 is 11.4 Å². The molecule has 0 bridgehead atoms. The van der Waals surface area contributed by atoms with Gasteiger partial charge in [0.1, 0.15) is 5.75 Å². The lowest BCUT2D eigenvalue weighted by Crippen LogP contribution is -2.13. The topological polar surface area (TPSA) is 51.4 Å². The van der Waals surface area contributed by atoms with E-state index in [0.717, 1.165) is 29.2 Å². The van der Waals surface area contributed by atoms with Gasteiger partial charge in [0.15, 0.2) is 0 Å². The maximum Gasteiger partial charge on any atom is 0.142 e. The van der Waals surface area contributed by atoms with Crippen molar-refractivity contribution in [1.82, 2.24) is 4.98 Å². The molecule has 0 aliphatic rings. The van der Waals surface area contributed by atoms with Crippen LogP contribution in [0.2, 0.25) is 0 Å². The number of rotatable bonds is 5. The van der Waals surface area contributed by atoms with Crippen LogP contribution in [0, 0.1) is 0 Å². The smallest absolute Gasteiger partial charge is 0.142 e. The molecule has 0 saturated heterocycles. The van der Waals surface area contributed by atoms with Crippen LogP contribution in [-0.2, 0) is 0 Å². The number of ether oxygens (including phenoxy) is 1. The zero-order valence-electron chi connectivity index (χ0n) is 12.2. The molecule has 1 aromatic carbocycles. The summed E-state index contributed by atoms with van der Waals surface area (Å²) in [4.78, 5) is 6.49. The van der Waals surface area contributed by atoms with Crippen LogP contribution in [0.4, 0.5) is 11.4 Å². The van der Waals surface area contributed by atoms with Crippen LogP contribution in [0.1, 0.15) is 25.1 Å². The third-order valence-electron chi connectivity index (χ3n) is 3.42. The van der Waals surface area contributed by atoms with Gasteiger partial charge in [-0.15, -0.1) is 0 Å². The number of para-hydroxylation sites is 2. The number of anilines is 2. The first kappa shape index (κ1) is 14.3. The Morgan fingerprint density at radius 1 is 1.25 bits per heavy atom. The van der Waals surface area contributed by atoms with Crippen molar-refractivity contribution in [2.45, 2.75) is 19.4 Å². The van der Waals surface area contributed by atoms with Crippen LogP contribution in [-0.4, -0.2) is 19.1 Å². The third-order valence-corrected chi connectivity index (χ3v) is 3.42. The Hall–Kier alpha value is -2.07. The van der Waals surface area contributed by atoms with E-state index < -0.39 is 0 Å². The van der Waals surface area contributed by atoms with Gasteiger partial charge in [0.05, 0.1) is 30.4 Å². The van der Waals surface area contributed by atoms with Gasteiger partial charge < -0.3 is 15.4 Å². The zero-order valence-corrected chi connectivity index (χ0v) is 12.2. The average molecular weight is 271 g/mol. The van der Waals surface area contributed by atoms with Gasteiger partial charge in [0, 0.05) is 13.1 Å². The van der Waals surface area contributed by atoms with Crippen molar-refractivity contribution in [3.8, 4) is 5.75 Å². The Morgan fingerprint density at radius 3 is 2.60 bits per heavy atom. The Morgan fingerprint density at radius 2 is 2.00 bits per heavy atom. The molecular formula is C16H21N3O. The van der Waals surface area contributed by atoms with Gasteiger partial charge in [-0.1, -0.05) is 19.1 Å². The first-order chi connectivity index (χ1) is 9.67. The number of nitrogens with two attached hydrogens (primary N) is 1. The van der Waals surface area contributed by atoms with Crippen molar-refractivity contribution in [3.05, 3.63) is 48.3 Å². The number of benzene rings is 1. The Kier molecular flexibility index (Phi) is 4.58. The fourth-order valence-corrected chi connectivity index (χ4v) is 2.07. The minimum atomic E-state index is 0.000572. The minimum Gasteiger partial charge on any atom is -0.495 e. The van der Waals surface area contributed by atoms with Gasteiger partial charge in [-0.3, -0.25) is 4.98 Å². The molecule has 0 radical (unpaired) electrons. The Bertz CT molecular complexity index is 554. The van der Waals surface area contributed by atoms with Crippen LogP contribution in [0.15, 0.2) is 42.6 Å². The van der Waals surface area contributed by atoms with E-state index in [1.54, 1.807) is 7.11 Å². The fraction of sp³-hybridized carbons (Fsp3) is 0.312. The number of nitrogens with zero attached hydrogens (tertiary/aromatic N) is 2. The Labute approximate surface area is 120 Å². The standard InChI is InChI=1S/C16H21N3O/c1-4-13(17)14-10-9-12(11-18-14)19(2)15-7-5-6-8-16(15)20-3/h5-11,13H,4,17H2,1-3H3. The van der Waals surface area contributed by atoms with Gasteiger partial charge in [-0.05, 0) is 30.7 Å². The number of hydrogen-bond acceptors (Lipinski definition) is 4. The molecule has 1 aromatic heterocycles. The van der Waals surface area contributed by atoms with Crippen molar-refractivity contribution in [2.24, 2.45) is 5.73 Å². The van der Waals surface area contributed by atoms with Crippen molar-refractivity contribution in [2.75, 3.05) is 19.1 Å². The van der Waals surface area contributed by atoms with Crippen LogP contribution >= 0.6 is 0 Å². The first-order valence-electron chi connectivity index (χ1n) is 6.75. The molecule has 1 unspecified atom stereocenters. The highest BCUT2D eigenvalue weighted by Crippen LogP contribution is 2.31. The predicted octanol–water partition coefficient (Wildman–Crippen LogP) is 3.27. The quantitative estimate of drug-likeness (QED) is 0.906. The van der Waals surface area contributed by atoms with Crippen LogP contribution in [0.5, 0.6) is 5.75 Å². The molecule has 2 aromatic rings. The van der Waals surface area contributed by atoms with Gasteiger partial charge in [-0.25, -0.2) is 0 Å². The number of pyridine rings is 1. The number of methoxy groups -OCH3 is 1. The fourth-order valence-electron chi connectivity index (χ4n) is 2.07. The molecule has 20 heavy (non-hydrogen) atoms. The molecule has 1 heterocycles. The second kappa shape index (κ2) is 6.39. The monoisotopic (exact) mass is 271 g/mol. The highest BCUT2D eigenvalue weighted by atomic mass is 16.5. The second-order valence-corrected chi connectivity index (χ2v) is 4.69. The van der Waals surface area contributed by atoms with Gasteiger partial charge in [-0.2, -0.15) is 0 Å². The molecule has 0 aliphatic heterocycles. The SMILES string of the molecule is CCC(N)c1ccc(N(C)c2ccccc2OC)cn1. The summed E-state index contributed by atoms with van der Waals surface area (Å²) in [5.41, 5.74) is 8.91. The second-order valence-electron chi connectivity index (χ2n) is 4.69. The average Bonchev–Trinajstić information content (AvgIpc) is 2.53. The maximum atomic E-state index is 5.98. The van der Waals surface area contributed by atoms with Crippen LogP contribution in [0.3, 0.4) is 0 Å². The van der Waals surface area contributed by atoms with Crippen LogP contribution < -0.4 is 15.4 Å². The maximum absolute atomic E-state index is 5.98. The molecule has 0 saturated carbocycles. The summed E-state index contributed by atoms with van der Waals surface area (Å²) in [5, 5.41) is 0. The molecule has 0 spiro atoms. The summed E-state index contributed by atoms with van der Waals surface area (Å²) < 4.78 is 5.39. The van der Waals surface area contributed by atoms with Gasteiger partial charge in [0.25, 0.3) is 0 Å². The Balaban J connectivity index is 2.27. The summed E-state index contributed by atoms with van der Waals surface area (Å²) in [5.74, 6) is 0.837. The molecule has 2 N–H and O–H groups in total. The van der Waals surface area contributed by atoms with E-state index in [4.69, 9.17) is 10.5 Å². The molecule has 1 atom stereocenters. The molecule has 0 aliphatic carbocycles. The predicted molar refractivity (Wildman–Crippen MR) is 82.5 cm³/mol. The summed E-state index contributed by atoms with van der Waals surface area (Å²) in [6, 6.07) is 11.9. The van der Waals surface area contributed by atoms with E-state index in [1.807, 2.05) is 54.5 Å². The molecule has 2 rings (SSSR count). The zero-order chi connectivity index (χ0) is 14.5. The molecule has 4 nitrogen and oxygen atoms in total. The van der Waals surface area contributed by atoms with E-state index in [-0.39, 0.29) is 6.04 Å². The molecule has 106 valence electrons. The molecule has 0 amide bonds. The summed E-state index contributed by atoms with van der Waals surface area (Å²) in [6.07, 6.45) is 2.73. The van der Waals surface area contributed by atoms with Gasteiger partial charge >= 0.3 is 0 Å². The largest absolute Gasteiger partial charge is 0.495 e. The first-order valence-corrected chi connectivity index (χ1v) is 6.75.